The maximum Gasteiger partial charge on any atom is 0.123 e. The van der Waals surface area contributed by atoms with Crippen LogP contribution >= 0.6 is 0 Å². The minimum atomic E-state index is -0.781. The van der Waals surface area contributed by atoms with Crippen LogP contribution in [0.4, 0.5) is 4.39 Å². The lowest BCUT2D eigenvalue weighted by molar-refractivity contribution is 0.221. The number of aromatic amines is 1. The van der Waals surface area contributed by atoms with Gasteiger partial charge in [0.2, 0.25) is 0 Å². The molecule has 0 aliphatic rings. The van der Waals surface area contributed by atoms with Crippen molar-refractivity contribution in [3.8, 4) is 11.1 Å². The van der Waals surface area contributed by atoms with Crippen molar-refractivity contribution in [1.82, 2.24) is 4.98 Å². The number of halogens is 1. The number of H-pyrrole nitrogens is 1. The average Bonchev–Trinajstić information content (AvgIpc) is 2.97. The monoisotopic (exact) mass is 267 g/mol. The van der Waals surface area contributed by atoms with Gasteiger partial charge in [0.05, 0.1) is 0 Å². The first-order chi connectivity index (χ1) is 9.75. The Labute approximate surface area is 116 Å². The molecule has 0 aliphatic heterocycles. The molecule has 3 rings (SSSR count). The number of benzene rings is 2. The minimum Gasteiger partial charge on any atom is -0.384 e. The van der Waals surface area contributed by atoms with Gasteiger partial charge >= 0.3 is 0 Å². The third-order valence-electron chi connectivity index (χ3n) is 3.34. The van der Waals surface area contributed by atoms with E-state index in [0.29, 0.717) is 5.56 Å². The van der Waals surface area contributed by atoms with Crippen molar-refractivity contribution in [1.29, 1.82) is 0 Å². The van der Waals surface area contributed by atoms with E-state index in [-0.39, 0.29) is 5.82 Å². The maximum atomic E-state index is 12.9. The molecule has 0 bridgehead atoms. The van der Waals surface area contributed by atoms with Crippen LogP contribution in [0.5, 0.6) is 0 Å². The Kier molecular flexibility index (Phi) is 3.35. The fourth-order valence-corrected chi connectivity index (χ4v) is 2.29. The van der Waals surface area contributed by atoms with Gasteiger partial charge in [-0.1, -0.05) is 42.5 Å². The van der Waals surface area contributed by atoms with Crippen LogP contribution in [0.1, 0.15) is 17.2 Å². The molecular formula is C17H14FNO. The number of aliphatic hydroxyl groups is 1. The van der Waals surface area contributed by atoms with Crippen molar-refractivity contribution in [3.63, 3.8) is 0 Å². The Morgan fingerprint density at radius 1 is 0.900 bits per heavy atom. The van der Waals surface area contributed by atoms with E-state index in [1.165, 1.54) is 12.1 Å². The zero-order valence-electron chi connectivity index (χ0n) is 10.8. The van der Waals surface area contributed by atoms with Crippen molar-refractivity contribution < 1.29 is 9.50 Å². The lowest BCUT2D eigenvalue weighted by atomic mass is 9.97. The molecule has 0 aliphatic carbocycles. The smallest absolute Gasteiger partial charge is 0.123 e. The Morgan fingerprint density at radius 2 is 1.60 bits per heavy atom. The maximum absolute atomic E-state index is 12.9. The number of aromatic nitrogens is 1. The van der Waals surface area contributed by atoms with Gasteiger partial charge in [-0.05, 0) is 23.3 Å². The van der Waals surface area contributed by atoms with Crippen LogP contribution < -0.4 is 0 Å². The quantitative estimate of drug-likeness (QED) is 0.741. The topological polar surface area (TPSA) is 36.0 Å². The Hall–Kier alpha value is -2.39. The first kappa shape index (κ1) is 12.6. The Bertz CT molecular complexity index is 689. The first-order valence-corrected chi connectivity index (χ1v) is 6.41. The molecule has 0 radical (unpaired) electrons. The summed E-state index contributed by atoms with van der Waals surface area (Å²) in [6, 6.07) is 15.7. The van der Waals surface area contributed by atoms with Gasteiger partial charge in [-0.25, -0.2) is 4.39 Å². The zero-order valence-corrected chi connectivity index (χ0v) is 10.8. The third kappa shape index (κ3) is 2.36. The van der Waals surface area contributed by atoms with Gasteiger partial charge in [-0.2, -0.15) is 0 Å². The van der Waals surface area contributed by atoms with Crippen molar-refractivity contribution >= 4 is 0 Å². The molecule has 0 spiro atoms. The van der Waals surface area contributed by atoms with Crippen molar-refractivity contribution in [2.24, 2.45) is 0 Å². The Balaban J connectivity index is 1.99. The molecular weight excluding hydrogens is 253 g/mol. The predicted molar refractivity (Wildman–Crippen MR) is 76.7 cm³/mol. The van der Waals surface area contributed by atoms with Gasteiger partial charge < -0.3 is 10.1 Å². The number of rotatable bonds is 3. The third-order valence-corrected chi connectivity index (χ3v) is 3.34. The summed E-state index contributed by atoms with van der Waals surface area (Å²) in [5.41, 5.74) is 3.43. The van der Waals surface area contributed by atoms with E-state index in [1.54, 1.807) is 18.3 Å². The van der Waals surface area contributed by atoms with Crippen LogP contribution in [-0.4, -0.2) is 10.1 Å². The second-order valence-electron chi connectivity index (χ2n) is 4.64. The van der Waals surface area contributed by atoms with Crippen LogP contribution in [0.15, 0.2) is 67.0 Å². The van der Waals surface area contributed by atoms with E-state index in [2.05, 4.69) is 4.98 Å². The first-order valence-electron chi connectivity index (χ1n) is 6.41. The molecule has 0 fully saturated rings. The van der Waals surface area contributed by atoms with E-state index >= 15 is 0 Å². The van der Waals surface area contributed by atoms with Gasteiger partial charge in [0, 0.05) is 23.5 Å². The molecule has 2 nitrogen and oxygen atoms in total. The highest BCUT2D eigenvalue weighted by molar-refractivity contribution is 5.67. The number of hydrogen-bond acceptors (Lipinski definition) is 1. The van der Waals surface area contributed by atoms with Gasteiger partial charge in [-0.3, -0.25) is 0 Å². The van der Waals surface area contributed by atoms with Gasteiger partial charge in [0.25, 0.3) is 0 Å². The van der Waals surface area contributed by atoms with Gasteiger partial charge in [-0.15, -0.1) is 0 Å². The fourth-order valence-electron chi connectivity index (χ4n) is 2.29. The highest BCUT2D eigenvalue weighted by Crippen LogP contribution is 2.31. The number of hydrogen-bond donors (Lipinski definition) is 2. The summed E-state index contributed by atoms with van der Waals surface area (Å²) in [5.74, 6) is -0.307. The summed E-state index contributed by atoms with van der Waals surface area (Å²) in [6.45, 7) is 0. The molecule has 100 valence electrons. The van der Waals surface area contributed by atoms with Crippen molar-refractivity contribution in [2.75, 3.05) is 0 Å². The van der Waals surface area contributed by atoms with Crippen LogP contribution in [0.3, 0.4) is 0 Å². The van der Waals surface area contributed by atoms with E-state index in [4.69, 9.17) is 0 Å². The number of nitrogens with one attached hydrogen (secondary N) is 1. The fraction of sp³-hybridized carbons (Fsp3) is 0.0588. The van der Waals surface area contributed by atoms with Crippen LogP contribution in [-0.2, 0) is 0 Å². The molecule has 20 heavy (non-hydrogen) atoms. The number of aliphatic hydroxyl groups excluding tert-OH is 1. The van der Waals surface area contributed by atoms with E-state index in [0.717, 1.165) is 16.7 Å². The predicted octanol–water partition coefficient (Wildman–Crippen LogP) is 3.90. The summed E-state index contributed by atoms with van der Waals surface area (Å²) < 4.78 is 12.9. The largest absolute Gasteiger partial charge is 0.384 e. The highest BCUT2D eigenvalue weighted by Gasteiger charge is 2.16. The average molecular weight is 267 g/mol. The van der Waals surface area contributed by atoms with Crippen LogP contribution in [0, 0.1) is 5.82 Å². The molecule has 3 aromatic rings. The standard InChI is InChI=1S/C17H14FNO/c18-14-8-6-13(7-9-14)17(20)16-11-19-10-15(16)12-4-2-1-3-5-12/h1-11,17,19-20H/t17-/m1/s1. The molecule has 2 N–H and O–H groups in total. The van der Waals surface area contributed by atoms with E-state index in [9.17, 15) is 9.50 Å². The summed E-state index contributed by atoms with van der Waals surface area (Å²) in [7, 11) is 0. The van der Waals surface area contributed by atoms with Gasteiger partial charge in [0.15, 0.2) is 0 Å². The second kappa shape index (κ2) is 5.31. The summed E-state index contributed by atoms with van der Waals surface area (Å²) in [6.07, 6.45) is 2.85. The summed E-state index contributed by atoms with van der Waals surface area (Å²) >= 11 is 0. The molecule has 0 amide bonds. The second-order valence-corrected chi connectivity index (χ2v) is 4.64. The molecule has 1 heterocycles. The van der Waals surface area contributed by atoms with Crippen LogP contribution in [0.2, 0.25) is 0 Å². The molecule has 1 atom stereocenters. The van der Waals surface area contributed by atoms with Gasteiger partial charge in [0.1, 0.15) is 11.9 Å². The summed E-state index contributed by atoms with van der Waals surface area (Å²) in [4.78, 5) is 3.02. The molecule has 0 unspecified atom stereocenters. The normalized spacial score (nSPS) is 12.3. The van der Waals surface area contributed by atoms with Crippen LogP contribution in [0.25, 0.3) is 11.1 Å². The zero-order chi connectivity index (χ0) is 13.9. The molecule has 2 aromatic carbocycles. The molecule has 3 heteroatoms. The molecule has 1 aromatic heterocycles. The Morgan fingerprint density at radius 3 is 2.30 bits per heavy atom. The van der Waals surface area contributed by atoms with E-state index < -0.39 is 6.10 Å². The van der Waals surface area contributed by atoms with E-state index in [1.807, 2.05) is 36.5 Å². The van der Waals surface area contributed by atoms with Crippen molar-refractivity contribution in [3.05, 3.63) is 83.9 Å². The highest BCUT2D eigenvalue weighted by atomic mass is 19.1. The lowest BCUT2D eigenvalue weighted by Crippen LogP contribution is -2.00. The minimum absolute atomic E-state index is 0.307. The van der Waals surface area contributed by atoms with Crippen molar-refractivity contribution in [2.45, 2.75) is 6.10 Å². The summed E-state index contributed by atoms with van der Waals surface area (Å²) in [5, 5.41) is 10.5. The lowest BCUT2D eigenvalue weighted by Gasteiger charge is -2.12. The SMILES string of the molecule is O[C@H](c1ccc(F)cc1)c1c[nH]cc1-c1ccccc1. The molecule has 0 saturated carbocycles. The molecule has 0 saturated heterocycles.